The first kappa shape index (κ1) is 15.4. The number of halogens is 2. The smallest absolute Gasteiger partial charge is 0.325 e. The van der Waals surface area contributed by atoms with E-state index in [0.717, 1.165) is 6.07 Å². The number of esters is 1. The van der Waals surface area contributed by atoms with Crippen molar-refractivity contribution in [2.24, 2.45) is 5.73 Å². The molecule has 19 heavy (non-hydrogen) atoms. The molecule has 1 aromatic carbocycles. The molecular formula is C13H17F2NO3. The molecule has 0 aliphatic rings. The van der Waals surface area contributed by atoms with Crippen molar-refractivity contribution < 1.29 is 23.0 Å². The Morgan fingerprint density at radius 3 is 2.74 bits per heavy atom. The molecule has 0 aromatic heterocycles. The first-order chi connectivity index (χ1) is 8.88. The summed E-state index contributed by atoms with van der Waals surface area (Å²) >= 11 is 0. The van der Waals surface area contributed by atoms with Crippen LogP contribution in [-0.2, 0) is 9.53 Å². The van der Waals surface area contributed by atoms with Gasteiger partial charge in [-0.1, -0.05) is 6.07 Å². The molecule has 4 nitrogen and oxygen atoms in total. The van der Waals surface area contributed by atoms with Gasteiger partial charge in [0.2, 0.25) is 5.82 Å². The lowest BCUT2D eigenvalue weighted by molar-refractivity contribution is -0.146. The fraction of sp³-hybridized carbons (Fsp3) is 0.462. The Morgan fingerprint density at radius 2 is 2.11 bits per heavy atom. The fourth-order valence-corrected chi connectivity index (χ4v) is 1.55. The number of carbonyl (C=O) groups excluding carboxylic acids is 1. The average Bonchev–Trinajstić information content (AvgIpc) is 2.38. The average molecular weight is 273 g/mol. The molecule has 1 aromatic rings. The summed E-state index contributed by atoms with van der Waals surface area (Å²) in [5.74, 6) is -2.66. The molecule has 0 saturated heterocycles. The van der Waals surface area contributed by atoms with Gasteiger partial charge in [0.15, 0.2) is 11.6 Å². The first-order valence-corrected chi connectivity index (χ1v) is 5.82. The van der Waals surface area contributed by atoms with Crippen molar-refractivity contribution >= 4 is 5.97 Å². The molecule has 0 aliphatic carbocycles. The van der Waals surface area contributed by atoms with Crippen molar-refractivity contribution in [1.29, 1.82) is 0 Å². The van der Waals surface area contributed by atoms with Crippen molar-refractivity contribution in [2.45, 2.75) is 25.3 Å². The molecular weight excluding hydrogens is 256 g/mol. The number of hydrogen-bond acceptors (Lipinski definition) is 4. The number of carbonyl (C=O) groups is 1. The van der Waals surface area contributed by atoms with Gasteiger partial charge in [0.05, 0.1) is 13.7 Å². The van der Waals surface area contributed by atoms with Crippen LogP contribution in [0.5, 0.6) is 5.75 Å². The van der Waals surface area contributed by atoms with Gasteiger partial charge in [-0.3, -0.25) is 4.79 Å². The lowest BCUT2D eigenvalue weighted by Gasteiger charge is -2.21. The third-order valence-corrected chi connectivity index (χ3v) is 2.67. The van der Waals surface area contributed by atoms with E-state index in [4.69, 9.17) is 10.5 Å². The molecule has 0 bridgehead atoms. The summed E-state index contributed by atoms with van der Waals surface area (Å²) in [6.07, 6.45) is 0.731. The summed E-state index contributed by atoms with van der Waals surface area (Å²) in [7, 11) is 1.26. The highest BCUT2D eigenvalue weighted by atomic mass is 19.2. The van der Waals surface area contributed by atoms with Gasteiger partial charge >= 0.3 is 5.97 Å². The maximum Gasteiger partial charge on any atom is 0.325 e. The van der Waals surface area contributed by atoms with Crippen molar-refractivity contribution in [3.05, 3.63) is 29.8 Å². The summed E-state index contributed by atoms with van der Waals surface area (Å²) in [6, 6.07) is 3.70. The summed E-state index contributed by atoms with van der Waals surface area (Å²) < 4.78 is 35.8. The van der Waals surface area contributed by atoms with Crippen LogP contribution >= 0.6 is 0 Å². The Hall–Kier alpha value is -1.69. The zero-order valence-corrected chi connectivity index (χ0v) is 10.9. The van der Waals surface area contributed by atoms with Crippen molar-refractivity contribution in [3.63, 3.8) is 0 Å². The van der Waals surface area contributed by atoms with Crippen LogP contribution in [0.1, 0.15) is 19.8 Å². The number of rotatable bonds is 6. The Labute approximate surface area is 110 Å². The van der Waals surface area contributed by atoms with E-state index in [0.29, 0.717) is 12.8 Å². The van der Waals surface area contributed by atoms with Crippen LogP contribution in [0.4, 0.5) is 8.78 Å². The molecule has 0 heterocycles. The van der Waals surface area contributed by atoms with Gasteiger partial charge in [-0.25, -0.2) is 4.39 Å². The maximum atomic E-state index is 13.2. The monoisotopic (exact) mass is 273 g/mol. The second kappa shape index (κ2) is 6.47. The summed E-state index contributed by atoms with van der Waals surface area (Å²) in [5, 5.41) is 0. The summed E-state index contributed by atoms with van der Waals surface area (Å²) in [5.41, 5.74) is 4.63. The van der Waals surface area contributed by atoms with Gasteiger partial charge in [-0.05, 0) is 31.9 Å². The molecule has 106 valence electrons. The minimum absolute atomic E-state index is 0.129. The molecule has 0 spiro atoms. The van der Waals surface area contributed by atoms with Gasteiger partial charge in [0.25, 0.3) is 0 Å². The van der Waals surface area contributed by atoms with E-state index in [1.807, 2.05) is 0 Å². The van der Waals surface area contributed by atoms with Crippen LogP contribution in [0, 0.1) is 11.6 Å². The molecule has 0 amide bonds. The molecule has 0 radical (unpaired) electrons. The predicted molar refractivity (Wildman–Crippen MR) is 65.7 cm³/mol. The highest BCUT2D eigenvalue weighted by molar-refractivity contribution is 5.79. The number of benzene rings is 1. The second-order valence-electron chi connectivity index (χ2n) is 4.41. The molecule has 1 rings (SSSR count). The van der Waals surface area contributed by atoms with E-state index in [-0.39, 0.29) is 12.4 Å². The zero-order chi connectivity index (χ0) is 14.5. The lowest BCUT2D eigenvalue weighted by Crippen LogP contribution is -2.45. The van der Waals surface area contributed by atoms with Gasteiger partial charge in [0.1, 0.15) is 5.54 Å². The topological polar surface area (TPSA) is 61.5 Å². The number of methoxy groups -OCH3 is 1. The number of hydrogen-bond donors (Lipinski definition) is 1. The third-order valence-electron chi connectivity index (χ3n) is 2.67. The molecule has 0 fully saturated rings. The fourth-order valence-electron chi connectivity index (χ4n) is 1.55. The Bertz CT molecular complexity index is 450. The standard InChI is InChI=1S/C13H17F2NO3/c1-13(16,12(17)18-2)7-4-8-19-10-6-3-5-9(14)11(10)15/h3,5-6H,4,7-8,16H2,1-2H3. The van der Waals surface area contributed by atoms with Crippen LogP contribution in [0.15, 0.2) is 18.2 Å². The van der Waals surface area contributed by atoms with E-state index in [2.05, 4.69) is 4.74 Å². The van der Waals surface area contributed by atoms with Gasteiger partial charge in [-0.2, -0.15) is 4.39 Å². The maximum absolute atomic E-state index is 13.2. The minimum atomic E-state index is -1.11. The third kappa shape index (κ3) is 4.17. The summed E-state index contributed by atoms with van der Waals surface area (Å²) in [6.45, 7) is 1.67. The van der Waals surface area contributed by atoms with Crippen LogP contribution in [0.25, 0.3) is 0 Å². The van der Waals surface area contributed by atoms with E-state index >= 15 is 0 Å². The van der Waals surface area contributed by atoms with Crippen LogP contribution in [0.2, 0.25) is 0 Å². The minimum Gasteiger partial charge on any atom is -0.490 e. The Morgan fingerprint density at radius 1 is 1.42 bits per heavy atom. The first-order valence-electron chi connectivity index (χ1n) is 5.82. The van der Waals surface area contributed by atoms with Crippen molar-refractivity contribution in [1.82, 2.24) is 0 Å². The molecule has 0 aliphatic heterocycles. The Kier molecular flexibility index (Phi) is 5.23. The van der Waals surface area contributed by atoms with Gasteiger partial charge in [0, 0.05) is 0 Å². The normalized spacial score (nSPS) is 13.7. The van der Waals surface area contributed by atoms with Crippen LogP contribution in [-0.4, -0.2) is 25.2 Å². The van der Waals surface area contributed by atoms with E-state index in [1.54, 1.807) is 6.92 Å². The molecule has 0 saturated carbocycles. The van der Waals surface area contributed by atoms with Crippen LogP contribution < -0.4 is 10.5 Å². The van der Waals surface area contributed by atoms with E-state index in [9.17, 15) is 13.6 Å². The molecule has 6 heteroatoms. The van der Waals surface area contributed by atoms with Crippen LogP contribution in [0.3, 0.4) is 0 Å². The number of ether oxygens (including phenoxy) is 2. The van der Waals surface area contributed by atoms with Gasteiger partial charge in [-0.15, -0.1) is 0 Å². The molecule has 1 unspecified atom stereocenters. The largest absolute Gasteiger partial charge is 0.490 e. The summed E-state index contributed by atoms with van der Waals surface area (Å²) in [4.78, 5) is 11.3. The predicted octanol–water partition coefficient (Wildman–Crippen LogP) is 2.01. The quantitative estimate of drug-likeness (QED) is 0.636. The number of nitrogens with two attached hydrogens (primary N) is 1. The van der Waals surface area contributed by atoms with Gasteiger partial charge < -0.3 is 15.2 Å². The van der Waals surface area contributed by atoms with Crippen molar-refractivity contribution in [2.75, 3.05) is 13.7 Å². The zero-order valence-electron chi connectivity index (χ0n) is 10.9. The van der Waals surface area contributed by atoms with E-state index in [1.165, 1.54) is 19.2 Å². The SMILES string of the molecule is COC(=O)C(C)(N)CCCOc1cccc(F)c1F. The highest BCUT2D eigenvalue weighted by Gasteiger charge is 2.28. The Balaban J connectivity index is 2.43. The second-order valence-corrected chi connectivity index (χ2v) is 4.41. The molecule has 2 N–H and O–H groups in total. The molecule has 1 atom stereocenters. The highest BCUT2D eigenvalue weighted by Crippen LogP contribution is 2.20. The lowest BCUT2D eigenvalue weighted by atomic mass is 9.98. The van der Waals surface area contributed by atoms with Crippen molar-refractivity contribution in [3.8, 4) is 5.75 Å². The van der Waals surface area contributed by atoms with E-state index < -0.39 is 23.1 Å².